The highest BCUT2D eigenvalue weighted by Gasteiger charge is 2.06. The normalized spacial score (nSPS) is 9.72. The maximum absolute atomic E-state index is 11.7. The van der Waals surface area contributed by atoms with Crippen molar-refractivity contribution in [2.45, 2.75) is 20.0 Å². The number of hydrogen-bond acceptors (Lipinski definition) is 3. The molecule has 0 heterocycles. The van der Waals surface area contributed by atoms with Gasteiger partial charge in [-0.05, 0) is 37.6 Å². The Bertz CT molecular complexity index is 453. The Morgan fingerprint density at radius 2 is 2.33 bits per heavy atom. The number of benzene rings is 1. The summed E-state index contributed by atoms with van der Waals surface area (Å²) < 4.78 is 5.50. The first-order valence-corrected chi connectivity index (χ1v) is 5.69. The zero-order valence-electron chi connectivity index (χ0n) is 10.5. The summed E-state index contributed by atoms with van der Waals surface area (Å²) >= 11 is 0. The zero-order chi connectivity index (χ0) is 13.4. The minimum atomic E-state index is -0.211. The summed E-state index contributed by atoms with van der Waals surface area (Å²) in [6, 6.07) is 6.95. The van der Waals surface area contributed by atoms with Crippen LogP contribution in [-0.4, -0.2) is 25.1 Å². The summed E-state index contributed by atoms with van der Waals surface area (Å²) in [5.74, 6) is 0.449. The van der Waals surface area contributed by atoms with Crippen LogP contribution in [0.1, 0.15) is 24.2 Å². The summed E-state index contributed by atoms with van der Waals surface area (Å²) in [4.78, 5) is 14.4. The number of rotatable bonds is 6. The third kappa shape index (κ3) is 4.76. The molecule has 0 radical (unpaired) electrons. The molecule has 6 heteroatoms. The highest BCUT2D eigenvalue weighted by Crippen LogP contribution is 2.14. The van der Waals surface area contributed by atoms with E-state index < -0.39 is 0 Å². The van der Waals surface area contributed by atoms with Gasteiger partial charge in [0.05, 0.1) is 6.10 Å². The Balaban J connectivity index is 2.59. The molecule has 6 nitrogen and oxygen atoms in total. The summed E-state index contributed by atoms with van der Waals surface area (Å²) in [5.41, 5.74) is 8.62. The molecule has 0 aliphatic heterocycles. The van der Waals surface area contributed by atoms with Crippen LogP contribution in [0.3, 0.4) is 0 Å². The number of carbonyl (C=O) groups is 1. The second-order valence-corrected chi connectivity index (χ2v) is 3.90. The summed E-state index contributed by atoms with van der Waals surface area (Å²) in [7, 11) is 0. The van der Waals surface area contributed by atoms with Crippen molar-refractivity contribution in [2.75, 3.05) is 13.1 Å². The van der Waals surface area contributed by atoms with Crippen molar-refractivity contribution in [3.05, 3.63) is 40.3 Å². The van der Waals surface area contributed by atoms with Crippen molar-refractivity contribution in [3.8, 4) is 5.75 Å². The molecule has 1 aromatic carbocycles. The molecule has 0 aliphatic rings. The van der Waals surface area contributed by atoms with Crippen LogP contribution >= 0.6 is 0 Å². The van der Waals surface area contributed by atoms with Crippen molar-refractivity contribution in [3.63, 3.8) is 0 Å². The maximum atomic E-state index is 11.7. The van der Waals surface area contributed by atoms with Crippen molar-refractivity contribution < 1.29 is 9.53 Å². The van der Waals surface area contributed by atoms with E-state index in [1.54, 1.807) is 24.3 Å². The summed E-state index contributed by atoms with van der Waals surface area (Å²) in [6.07, 6.45) is 0.0632. The Labute approximate surface area is 106 Å². The van der Waals surface area contributed by atoms with Gasteiger partial charge in [0.15, 0.2) is 0 Å². The van der Waals surface area contributed by atoms with E-state index in [0.29, 0.717) is 17.9 Å². The standard InChI is InChI=1S/C12H16N4O2/c1-9(2)18-11-5-3-4-10(8-11)12(17)14-6-7-15-16-13/h3-5,8-9H,6-7H2,1-2H3,(H,14,17). The Morgan fingerprint density at radius 1 is 1.56 bits per heavy atom. The van der Waals surface area contributed by atoms with Crippen molar-refractivity contribution in [1.82, 2.24) is 5.32 Å². The molecule has 96 valence electrons. The predicted molar refractivity (Wildman–Crippen MR) is 68.6 cm³/mol. The highest BCUT2D eigenvalue weighted by molar-refractivity contribution is 5.94. The van der Waals surface area contributed by atoms with Crippen LogP contribution in [-0.2, 0) is 0 Å². The fraction of sp³-hybridized carbons (Fsp3) is 0.417. The molecule has 0 aromatic heterocycles. The fourth-order valence-electron chi connectivity index (χ4n) is 1.35. The molecule has 18 heavy (non-hydrogen) atoms. The van der Waals surface area contributed by atoms with Crippen molar-refractivity contribution >= 4 is 5.91 Å². The highest BCUT2D eigenvalue weighted by atomic mass is 16.5. The van der Waals surface area contributed by atoms with E-state index in [9.17, 15) is 4.79 Å². The lowest BCUT2D eigenvalue weighted by Crippen LogP contribution is -2.25. The lowest BCUT2D eigenvalue weighted by atomic mass is 10.2. The number of azide groups is 1. The van der Waals surface area contributed by atoms with Gasteiger partial charge in [0, 0.05) is 23.6 Å². The van der Waals surface area contributed by atoms with Gasteiger partial charge < -0.3 is 10.1 Å². The number of ether oxygens (including phenoxy) is 1. The minimum absolute atomic E-state index is 0.0632. The van der Waals surface area contributed by atoms with Crippen LogP contribution in [0.4, 0.5) is 0 Å². The van der Waals surface area contributed by atoms with Crippen LogP contribution < -0.4 is 10.1 Å². The lowest BCUT2D eigenvalue weighted by molar-refractivity contribution is 0.0954. The topological polar surface area (TPSA) is 87.1 Å². The molecule has 0 fully saturated rings. The molecule has 1 N–H and O–H groups in total. The van der Waals surface area contributed by atoms with E-state index in [-0.39, 0.29) is 18.6 Å². The molecule has 0 saturated heterocycles. The van der Waals surface area contributed by atoms with Gasteiger partial charge in [-0.1, -0.05) is 11.2 Å². The van der Waals surface area contributed by atoms with Gasteiger partial charge in [-0.25, -0.2) is 0 Å². The first kappa shape index (κ1) is 13.9. The second-order valence-electron chi connectivity index (χ2n) is 3.90. The molecule has 1 rings (SSSR count). The zero-order valence-corrected chi connectivity index (χ0v) is 10.5. The van der Waals surface area contributed by atoms with Gasteiger partial charge in [0.1, 0.15) is 5.75 Å². The Hall–Kier alpha value is -2.20. The lowest BCUT2D eigenvalue weighted by Gasteiger charge is -2.10. The minimum Gasteiger partial charge on any atom is -0.491 e. The van der Waals surface area contributed by atoms with Crippen LogP contribution in [0.25, 0.3) is 10.4 Å². The first-order valence-electron chi connectivity index (χ1n) is 5.69. The largest absolute Gasteiger partial charge is 0.491 e. The van der Waals surface area contributed by atoms with Gasteiger partial charge in [-0.2, -0.15) is 0 Å². The van der Waals surface area contributed by atoms with Crippen LogP contribution in [0.2, 0.25) is 0 Å². The molecule has 0 spiro atoms. The number of nitrogens with one attached hydrogen (secondary N) is 1. The third-order valence-electron chi connectivity index (χ3n) is 2.03. The van der Waals surface area contributed by atoms with E-state index in [4.69, 9.17) is 10.3 Å². The van der Waals surface area contributed by atoms with Crippen LogP contribution in [0.15, 0.2) is 29.4 Å². The number of nitrogens with zero attached hydrogens (tertiary/aromatic N) is 3. The summed E-state index contributed by atoms with van der Waals surface area (Å²) in [5, 5.41) is 5.99. The van der Waals surface area contributed by atoms with E-state index in [2.05, 4.69) is 15.3 Å². The molecular formula is C12H16N4O2. The van der Waals surface area contributed by atoms with Gasteiger partial charge in [-0.3, -0.25) is 4.79 Å². The van der Waals surface area contributed by atoms with Crippen molar-refractivity contribution in [1.29, 1.82) is 0 Å². The van der Waals surface area contributed by atoms with Gasteiger partial charge in [0.25, 0.3) is 5.91 Å². The van der Waals surface area contributed by atoms with Gasteiger partial charge in [-0.15, -0.1) is 0 Å². The Morgan fingerprint density at radius 3 is 3.00 bits per heavy atom. The molecule has 0 aliphatic carbocycles. The molecule has 0 unspecified atom stereocenters. The average Bonchev–Trinajstić information content (AvgIpc) is 2.34. The second kappa shape index (κ2) is 7.19. The van der Waals surface area contributed by atoms with Crippen LogP contribution in [0.5, 0.6) is 5.75 Å². The number of amides is 1. The first-order chi connectivity index (χ1) is 8.63. The molecule has 0 bridgehead atoms. The van der Waals surface area contributed by atoms with E-state index in [1.807, 2.05) is 13.8 Å². The Kier molecular flexibility index (Phi) is 5.54. The van der Waals surface area contributed by atoms with Crippen molar-refractivity contribution in [2.24, 2.45) is 5.11 Å². The van der Waals surface area contributed by atoms with Gasteiger partial charge >= 0.3 is 0 Å². The quantitative estimate of drug-likeness (QED) is 0.363. The van der Waals surface area contributed by atoms with E-state index >= 15 is 0 Å². The monoisotopic (exact) mass is 248 g/mol. The molecular weight excluding hydrogens is 232 g/mol. The molecule has 1 aromatic rings. The van der Waals surface area contributed by atoms with E-state index in [1.165, 1.54) is 0 Å². The molecule has 0 saturated carbocycles. The third-order valence-corrected chi connectivity index (χ3v) is 2.03. The number of hydrogen-bond donors (Lipinski definition) is 1. The predicted octanol–water partition coefficient (Wildman–Crippen LogP) is 2.51. The van der Waals surface area contributed by atoms with Crippen LogP contribution in [0, 0.1) is 0 Å². The summed E-state index contributed by atoms with van der Waals surface area (Å²) in [6.45, 7) is 4.40. The maximum Gasteiger partial charge on any atom is 0.251 e. The fourth-order valence-corrected chi connectivity index (χ4v) is 1.35. The smallest absolute Gasteiger partial charge is 0.251 e. The molecule has 0 atom stereocenters. The molecule has 1 amide bonds. The van der Waals surface area contributed by atoms with Gasteiger partial charge in [0.2, 0.25) is 0 Å². The SMILES string of the molecule is CC(C)Oc1cccc(C(=O)NCCN=[N+]=[N-])c1. The average molecular weight is 248 g/mol. The van der Waals surface area contributed by atoms with E-state index in [0.717, 1.165) is 0 Å². The number of carbonyl (C=O) groups excluding carboxylic acids is 1.